The third kappa shape index (κ3) is 4.50. The van der Waals surface area contributed by atoms with Crippen LogP contribution in [0.15, 0.2) is 47.3 Å². The fraction of sp³-hybridized carbons (Fsp3) is 0.333. The molecule has 2 aromatic carbocycles. The summed E-state index contributed by atoms with van der Waals surface area (Å²) in [7, 11) is 0. The van der Waals surface area contributed by atoms with Gasteiger partial charge in [-0.25, -0.2) is 4.98 Å². The molecule has 7 heteroatoms. The number of amides is 1. The molecule has 0 unspecified atom stereocenters. The first-order valence-corrected chi connectivity index (χ1v) is 10.8. The molecule has 1 heterocycles. The molecule has 0 atom stereocenters. The number of anilines is 1. The number of benzene rings is 2. The molecule has 1 aliphatic carbocycles. The number of para-hydroxylation sites is 1. The second kappa shape index (κ2) is 9.12. The molecule has 1 aromatic heterocycles. The summed E-state index contributed by atoms with van der Waals surface area (Å²) in [6, 6.07) is 13.0. The molecule has 0 bridgehead atoms. The molecule has 4 rings (SSSR count). The summed E-state index contributed by atoms with van der Waals surface area (Å²) in [6.45, 7) is 2.24. The van der Waals surface area contributed by atoms with Gasteiger partial charge in [-0.3, -0.25) is 29.8 Å². The number of ketones is 1. The summed E-state index contributed by atoms with van der Waals surface area (Å²) in [5, 5.41) is 0.525. The maximum atomic E-state index is 12.6. The Kier molecular flexibility index (Phi) is 6.11. The molecule has 3 aromatic rings. The molecule has 31 heavy (non-hydrogen) atoms. The van der Waals surface area contributed by atoms with Gasteiger partial charge < -0.3 is 0 Å². The number of carbonyl (C=O) groups is 2. The first-order valence-electron chi connectivity index (χ1n) is 10.8. The topological polar surface area (TPSA) is 93.1 Å². The fourth-order valence-corrected chi connectivity index (χ4v) is 4.02. The van der Waals surface area contributed by atoms with Crippen LogP contribution in [0.5, 0.6) is 0 Å². The van der Waals surface area contributed by atoms with Gasteiger partial charge in [-0.1, -0.05) is 24.3 Å². The zero-order valence-corrected chi connectivity index (χ0v) is 17.6. The average molecular weight is 418 g/mol. The second-order valence-electron chi connectivity index (χ2n) is 7.79. The van der Waals surface area contributed by atoms with E-state index in [4.69, 9.17) is 0 Å². The Bertz CT molecular complexity index is 1200. The molecular formula is C24H26N4O3. The number of hydrogen-bond donors (Lipinski definition) is 2. The predicted octanol–water partition coefficient (Wildman–Crippen LogP) is 3.40. The van der Waals surface area contributed by atoms with E-state index in [2.05, 4.69) is 15.8 Å². The Morgan fingerprint density at radius 1 is 1.03 bits per heavy atom. The molecule has 0 saturated heterocycles. The number of aryl methyl sites for hydroxylation is 2. The largest absolute Gasteiger partial charge is 0.294 e. The minimum absolute atomic E-state index is 0.0437. The van der Waals surface area contributed by atoms with E-state index in [1.54, 1.807) is 24.3 Å². The Labute approximate surface area is 180 Å². The lowest BCUT2D eigenvalue weighted by atomic mass is 9.89. The van der Waals surface area contributed by atoms with E-state index in [0.717, 1.165) is 19.3 Å². The van der Waals surface area contributed by atoms with Crippen molar-refractivity contribution >= 4 is 28.5 Å². The minimum Gasteiger partial charge on any atom is -0.294 e. The summed E-state index contributed by atoms with van der Waals surface area (Å²) >= 11 is 0. The van der Waals surface area contributed by atoms with Crippen molar-refractivity contribution in [3.63, 3.8) is 0 Å². The van der Waals surface area contributed by atoms with Crippen LogP contribution in [0, 0.1) is 0 Å². The third-order valence-corrected chi connectivity index (χ3v) is 5.74. The van der Waals surface area contributed by atoms with Gasteiger partial charge in [0.05, 0.1) is 10.9 Å². The predicted molar refractivity (Wildman–Crippen MR) is 120 cm³/mol. The van der Waals surface area contributed by atoms with E-state index in [0.29, 0.717) is 23.0 Å². The van der Waals surface area contributed by atoms with Gasteiger partial charge in [0, 0.05) is 24.9 Å². The second-order valence-corrected chi connectivity index (χ2v) is 7.79. The molecule has 0 saturated carbocycles. The highest BCUT2D eigenvalue weighted by Crippen LogP contribution is 2.23. The number of hydrazine groups is 1. The van der Waals surface area contributed by atoms with E-state index in [1.807, 2.05) is 25.1 Å². The number of carbonyl (C=O) groups excluding carboxylic acids is 2. The number of Topliss-reactive ketones (excluding diaryl/α,β-unsaturated/α-hetero) is 1. The number of nitrogens with one attached hydrogen (secondary N) is 2. The summed E-state index contributed by atoms with van der Waals surface area (Å²) in [4.78, 5) is 41.9. The van der Waals surface area contributed by atoms with Crippen LogP contribution in [0.3, 0.4) is 0 Å². The summed E-state index contributed by atoms with van der Waals surface area (Å²) in [5.41, 5.74) is 8.93. The van der Waals surface area contributed by atoms with Gasteiger partial charge in [0.1, 0.15) is 0 Å². The van der Waals surface area contributed by atoms with Crippen molar-refractivity contribution in [2.24, 2.45) is 0 Å². The van der Waals surface area contributed by atoms with Crippen molar-refractivity contribution in [2.45, 2.75) is 52.0 Å². The Morgan fingerprint density at radius 2 is 1.81 bits per heavy atom. The van der Waals surface area contributed by atoms with Crippen molar-refractivity contribution in [1.82, 2.24) is 15.0 Å². The maximum absolute atomic E-state index is 12.6. The van der Waals surface area contributed by atoms with E-state index >= 15 is 0 Å². The van der Waals surface area contributed by atoms with Crippen molar-refractivity contribution in [2.75, 3.05) is 5.43 Å². The molecule has 7 nitrogen and oxygen atoms in total. The zero-order chi connectivity index (χ0) is 21.8. The van der Waals surface area contributed by atoms with Gasteiger partial charge in [0.15, 0.2) is 5.78 Å². The molecule has 0 aliphatic heterocycles. The molecule has 160 valence electrons. The Balaban J connectivity index is 1.37. The first-order chi connectivity index (χ1) is 15.1. The number of rotatable bonds is 7. The number of nitrogens with zero attached hydrogens (tertiary/aromatic N) is 2. The monoisotopic (exact) mass is 418 g/mol. The average Bonchev–Trinajstić information content (AvgIpc) is 2.81. The standard InChI is InChI=1S/C24H26N4O3/c1-2-28-23(31)19-9-5-6-10-20(19)25-24(28)27-26-22(30)14-13-21(29)18-12-11-16-7-3-4-8-17(16)15-18/h5-6,9-12,15H,2-4,7-8,13-14H2,1H3,(H,25,27)(H,26,30). The van der Waals surface area contributed by atoms with E-state index in [1.165, 1.54) is 22.1 Å². The maximum Gasteiger partial charge on any atom is 0.262 e. The number of hydrogen-bond acceptors (Lipinski definition) is 5. The van der Waals surface area contributed by atoms with Crippen LogP contribution in [0.4, 0.5) is 5.95 Å². The van der Waals surface area contributed by atoms with E-state index in [-0.39, 0.29) is 36.0 Å². The first kappa shape index (κ1) is 20.8. The molecule has 0 fully saturated rings. The molecule has 1 amide bonds. The summed E-state index contributed by atoms with van der Waals surface area (Å²) in [5.74, 6) is -0.116. The van der Waals surface area contributed by atoms with Crippen molar-refractivity contribution < 1.29 is 9.59 Å². The molecule has 0 spiro atoms. The molecule has 1 aliphatic rings. The molecule has 0 radical (unpaired) electrons. The lowest BCUT2D eigenvalue weighted by molar-refractivity contribution is -0.120. The molecule has 2 N–H and O–H groups in total. The minimum atomic E-state index is -0.337. The lowest BCUT2D eigenvalue weighted by Gasteiger charge is -2.16. The van der Waals surface area contributed by atoms with Crippen LogP contribution < -0.4 is 16.4 Å². The zero-order valence-electron chi connectivity index (χ0n) is 17.6. The van der Waals surface area contributed by atoms with Crippen molar-refractivity contribution in [3.05, 3.63) is 69.5 Å². The van der Waals surface area contributed by atoms with Gasteiger partial charge in [-0.05, 0) is 61.9 Å². The van der Waals surface area contributed by atoms with Gasteiger partial charge in [-0.15, -0.1) is 0 Å². The van der Waals surface area contributed by atoms with Crippen LogP contribution in [0.1, 0.15) is 54.1 Å². The van der Waals surface area contributed by atoms with E-state index < -0.39 is 0 Å². The molecular weight excluding hydrogens is 392 g/mol. The lowest BCUT2D eigenvalue weighted by Crippen LogP contribution is -2.34. The summed E-state index contributed by atoms with van der Waals surface area (Å²) in [6.07, 6.45) is 4.61. The highest BCUT2D eigenvalue weighted by Gasteiger charge is 2.15. The summed E-state index contributed by atoms with van der Waals surface area (Å²) < 4.78 is 1.46. The van der Waals surface area contributed by atoms with Crippen LogP contribution in [0.2, 0.25) is 0 Å². The highest BCUT2D eigenvalue weighted by atomic mass is 16.2. The Morgan fingerprint density at radius 3 is 2.61 bits per heavy atom. The number of aromatic nitrogens is 2. The van der Waals surface area contributed by atoms with Crippen LogP contribution >= 0.6 is 0 Å². The quantitative estimate of drug-likeness (QED) is 0.453. The third-order valence-electron chi connectivity index (χ3n) is 5.74. The van der Waals surface area contributed by atoms with E-state index in [9.17, 15) is 14.4 Å². The fourth-order valence-electron chi connectivity index (χ4n) is 4.02. The number of fused-ring (bicyclic) bond motifs is 2. The Hall–Kier alpha value is -3.48. The SMILES string of the molecule is CCn1c(NNC(=O)CCC(=O)c2ccc3c(c2)CCCC3)nc2ccccc2c1=O. The van der Waals surface area contributed by atoms with Gasteiger partial charge >= 0.3 is 0 Å². The van der Waals surface area contributed by atoms with Crippen LogP contribution in [-0.4, -0.2) is 21.2 Å². The van der Waals surface area contributed by atoms with Crippen molar-refractivity contribution in [1.29, 1.82) is 0 Å². The van der Waals surface area contributed by atoms with Gasteiger partial charge in [-0.2, -0.15) is 0 Å². The normalized spacial score (nSPS) is 12.9. The van der Waals surface area contributed by atoms with Crippen LogP contribution in [-0.2, 0) is 24.2 Å². The van der Waals surface area contributed by atoms with Crippen LogP contribution in [0.25, 0.3) is 10.9 Å². The smallest absolute Gasteiger partial charge is 0.262 e. The van der Waals surface area contributed by atoms with Gasteiger partial charge in [0.2, 0.25) is 11.9 Å². The van der Waals surface area contributed by atoms with Crippen molar-refractivity contribution in [3.8, 4) is 0 Å². The highest BCUT2D eigenvalue weighted by molar-refractivity contribution is 5.98. The van der Waals surface area contributed by atoms with Gasteiger partial charge in [0.25, 0.3) is 5.56 Å².